The number of para-hydroxylation sites is 1. The molecule has 182 valence electrons. The van der Waals surface area contributed by atoms with Gasteiger partial charge in [0.2, 0.25) is 0 Å². The van der Waals surface area contributed by atoms with Crippen LogP contribution in [0.5, 0.6) is 11.5 Å². The Morgan fingerprint density at radius 3 is 1.37 bits per heavy atom. The van der Waals surface area contributed by atoms with Crippen molar-refractivity contribution in [3.05, 3.63) is 76.9 Å². The van der Waals surface area contributed by atoms with E-state index >= 15 is 0 Å². The van der Waals surface area contributed by atoms with E-state index in [1.165, 1.54) is 30.3 Å². The molecule has 3 aromatic rings. The van der Waals surface area contributed by atoms with Crippen LogP contribution in [-0.4, -0.2) is 50.5 Å². The maximum absolute atomic E-state index is 13.3. The van der Waals surface area contributed by atoms with Crippen LogP contribution in [-0.2, 0) is 30.4 Å². The van der Waals surface area contributed by atoms with Gasteiger partial charge in [0.25, 0.3) is 30.4 Å². The van der Waals surface area contributed by atoms with Gasteiger partial charge in [-0.05, 0) is 12.1 Å². The van der Waals surface area contributed by atoms with Crippen LogP contribution < -0.4 is 4.74 Å². The Morgan fingerprint density at radius 2 is 0.943 bits per heavy atom. The van der Waals surface area contributed by atoms with Crippen LogP contribution in [0.15, 0.2) is 69.3 Å². The standard InChI is InChI=1S/C20H12O12S3/c21-15-11-8-4-5-9-12(11)16(22)14-13(15)18(33(23,24)25)17(32-10-6-2-1-3-7-10)20(35(29,30)31)19(14)34(26,27)28/h1-9H,(H,23,24,25)(H,26,27,28)(H,29,30,31). The Bertz CT molecular complexity index is 1760. The average molecular weight is 541 g/mol. The Kier molecular flexibility index (Phi) is 5.66. The number of ketones is 2. The highest BCUT2D eigenvalue weighted by Crippen LogP contribution is 2.47. The molecule has 4 rings (SSSR count). The van der Waals surface area contributed by atoms with Crippen molar-refractivity contribution in [2.24, 2.45) is 0 Å². The fraction of sp³-hybridized carbons (Fsp3) is 0. The smallest absolute Gasteiger partial charge is 0.299 e. The molecule has 0 saturated carbocycles. The van der Waals surface area contributed by atoms with Gasteiger partial charge in [0.15, 0.2) is 22.2 Å². The second-order valence-electron chi connectivity index (χ2n) is 7.11. The van der Waals surface area contributed by atoms with E-state index in [1.54, 1.807) is 0 Å². The van der Waals surface area contributed by atoms with Crippen LogP contribution >= 0.6 is 0 Å². The molecule has 0 saturated heterocycles. The van der Waals surface area contributed by atoms with Crippen molar-refractivity contribution < 1.29 is 53.2 Å². The van der Waals surface area contributed by atoms with Gasteiger partial charge in [-0.15, -0.1) is 0 Å². The predicted octanol–water partition coefficient (Wildman–Crippen LogP) is 1.99. The molecule has 35 heavy (non-hydrogen) atoms. The molecule has 0 aromatic heterocycles. The molecule has 0 aliphatic heterocycles. The van der Waals surface area contributed by atoms with Crippen molar-refractivity contribution in [2.75, 3.05) is 0 Å². The van der Waals surface area contributed by atoms with E-state index < -0.39 is 84.6 Å². The summed E-state index contributed by atoms with van der Waals surface area (Å²) in [7, 11) is -17.2. The van der Waals surface area contributed by atoms with Gasteiger partial charge in [-0.2, -0.15) is 25.3 Å². The Morgan fingerprint density at radius 1 is 0.543 bits per heavy atom. The van der Waals surface area contributed by atoms with Crippen LogP contribution in [0.2, 0.25) is 0 Å². The molecule has 0 amide bonds. The van der Waals surface area contributed by atoms with Crippen molar-refractivity contribution in [1.29, 1.82) is 0 Å². The first-order valence-electron chi connectivity index (χ1n) is 9.21. The number of carbonyl (C=O) groups is 2. The van der Waals surface area contributed by atoms with Gasteiger partial charge in [0, 0.05) is 11.1 Å². The number of rotatable bonds is 5. The minimum atomic E-state index is -5.81. The fourth-order valence-electron chi connectivity index (χ4n) is 3.67. The molecule has 15 heteroatoms. The first-order chi connectivity index (χ1) is 16.1. The van der Waals surface area contributed by atoms with Crippen LogP contribution in [0.3, 0.4) is 0 Å². The zero-order valence-corrected chi connectivity index (χ0v) is 19.4. The molecule has 3 N–H and O–H groups in total. The molecule has 1 aliphatic carbocycles. The maximum Gasteiger partial charge on any atom is 0.299 e. The number of hydrogen-bond donors (Lipinski definition) is 3. The zero-order chi connectivity index (χ0) is 25.9. The third-order valence-electron chi connectivity index (χ3n) is 4.93. The number of benzene rings is 3. The van der Waals surface area contributed by atoms with E-state index in [4.69, 9.17) is 4.74 Å². The molecule has 1 aliphatic rings. The molecule has 0 heterocycles. The molecule has 0 unspecified atom stereocenters. The summed E-state index contributed by atoms with van der Waals surface area (Å²) in [6, 6.07) is 11.3. The van der Waals surface area contributed by atoms with E-state index in [0.29, 0.717) is 0 Å². The second-order valence-corrected chi connectivity index (χ2v) is 11.2. The zero-order valence-electron chi connectivity index (χ0n) is 16.9. The monoisotopic (exact) mass is 540 g/mol. The molecule has 0 bridgehead atoms. The summed E-state index contributed by atoms with van der Waals surface area (Å²) in [4.78, 5) is 21.3. The molecule has 0 spiro atoms. The van der Waals surface area contributed by atoms with E-state index in [1.807, 2.05) is 0 Å². The van der Waals surface area contributed by atoms with Gasteiger partial charge in [-0.3, -0.25) is 23.2 Å². The number of carbonyl (C=O) groups excluding carboxylic acids is 2. The van der Waals surface area contributed by atoms with Crippen LogP contribution in [0, 0.1) is 0 Å². The minimum absolute atomic E-state index is 0.321. The topological polar surface area (TPSA) is 206 Å². The third-order valence-corrected chi connectivity index (χ3v) is 7.79. The first-order valence-corrected chi connectivity index (χ1v) is 13.5. The summed E-state index contributed by atoms with van der Waals surface area (Å²) in [5.41, 5.74) is -3.49. The Hall–Kier alpha value is -3.47. The molecule has 12 nitrogen and oxygen atoms in total. The lowest BCUT2D eigenvalue weighted by Crippen LogP contribution is -2.29. The molecular formula is C20H12O12S3. The summed E-state index contributed by atoms with van der Waals surface area (Å²) in [5.74, 6) is -4.51. The van der Waals surface area contributed by atoms with Gasteiger partial charge in [0.1, 0.15) is 15.5 Å². The van der Waals surface area contributed by atoms with Gasteiger partial charge in [0.05, 0.1) is 11.1 Å². The lowest BCUT2D eigenvalue weighted by atomic mass is 9.84. The van der Waals surface area contributed by atoms with Gasteiger partial charge in [-0.25, -0.2) is 0 Å². The largest absolute Gasteiger partial charge is 0.454 e. The van der Waals surface area contributed by atoms with Crippen molar-refractivity contribution in [2.45, 2.75) is 14.7 Å². The lowest BCUT2D eigenvalue weighted by Gasteiger charge is -2.25. The van der Waals surface area contributed by atoms with E-state index in [2.05, 4.69) is 0 Å². The normalized spacial score (nSPS) is 13.8. The minimum Gasteiger partial charge on any atom is -0.454 e. The fourth-order valence-corrected chi connectivity index (χ4v) is 6.69. The summed E-state index contributed by atoms with van der Waals surface area (Å²) in [6.07, 6.45) is 0. The van der Waals surface area contributed by atoms with Crippen LogP contribution in [0.25, 0.3) is 0 Å². The summed E-state index contributed by atoms with van der Waals surface area (Å²) in [6.45, 7) is 0. The van der Waals surface area contributed by atoms with Gasteiger partial charge in [-0.1, -0.05) is 42.5 Å². The van der Waals surface area contributed by atoms with E-state index in [0.717, 1.165) is 24.3 Å². The summed E-state index contributed by atoms with van der Waals surface area (Å²) >= 11 is 0. The third kappa shape index (κ3) is 4.13. The number of ether oxygens (including phenoxy) is 1. The average Bonchev–Trinajstić information content (AvgIpc) is 2.75. The van der Waals surface area contributed by atoms with E-state index in [-0.39, 0.29) is 5.75 Å². The summed E-state index contributed by atoms with van der Waals surface area (Å²) in [5, 5.41) is 0. The molecule has 3 aromatic carbocycles. The molecule has 0 radical (unpaired) electrons. The SMILES string of the molecule is O=C1c2ccccc2C(=O)c2c1c(S(=O)(=O)O)c(Oc1ccccc1)c(S(=O)(=O)O)c2S(=O)(=O)O. The highest BCUT2D eigenvalue weighted by atomic mass is 32.2. The van der Waals surface area contributed by atoms with Crippen molar-refractivity contribution in [3.8, 4) is 11.5 Å². The highest BCUT2D eigenvalue weighted by molar-refractivity contribution is 7.89. The predicted molar refractivity (Wildman–Crippen MR) is 116 cm³/mol. The number of fused-ring (bicyclic) bond motifs is 2. The maximum atomic E-state index is 13.3. The summed E-state index contributed by atoms with van der Waals surface area (Å²) < 4.78 is 109. The van der Waals surface area contributed by atoms with Gasteiger partial charge < -0.3 is 4.74 Å². The lowest BCUT2D eigenvalue weighted by molar-refractivity contribution is 0.0972. The van der Waals surface area contributed by atoms with E-state index in [9.17, 15) is 48.5 Å². The quantitative estimate of drug-likeness (QED) is 0.311. The Labute approximate surface area is 198 Å². The second kappa shape index (κ2) is 8.04. The molecule has 0 fully saturated rings. The van der Waals surface area contributed by atoms with Crippen molar-refractivity contribution in [1.82, 2.24) is 0 Å². The van der Waals surface area contributed by atoms with Crippen LogP contribution in [0.4, 0.5) is 0 Å². The molecular weight excluding hydrogens is 528 g/mol. The van der Waals surface area contributed by atoms with Crippen molar-refractivity contribution >= 4 is 41.9 Å². The van der Waals surface area contributed by atoms with Gasteiger partial charge >= 0.3 is 0 Å². The molecule has 0 atom stereocenters. The number of hydrogen-bond acceptors (Lipinski definition) is 9. The first kappa shape index (κ1) is 24.6. The van der Waals surface area contributed by atoms with Crippen LogP contribution in [0.1, 0.15) is 31.8 Å². The highest BCUT2D eigenvalue weighted by Gasteiger charge is 2.46. The van der Waals surface area contributed by atoms with Crippen molar-refractivity contribution in [3.63, 3.8) is 0 Å². The Balaban J connectivity index is 2.35.